The Balaban J connectivity index is 2.53. The molecule has 1 aromatic heterocycles. The van der Waals surface area contributed by atoms with E-state index in [1.54, 1.807) is 7.11 Å². The Bertz CT molecular complexity index is 321. The van der Waals surface area contributed by atoms with Gasteiger partial charge in [0.05, 0.1) is 0 Å². The van der Waals surface area contributed by atoms with Crippen molar-refractivity contribution in [3.63, 3.8) is 0 Å². The fourth-order valence-electron chi connectivity index (χ4n) is 1.56. The van der Waals surface area contributed by atoms with Crippen molar-refractivity contribution in [1.82, 2.24) is 10.1 Å². The molecule has 0 fully saturated rings. The Labute approximate surface area is 103 Å². The van der Waals surface area contributed by atoms with Crippen LogP contribution in [0.5, 0.6) is 0 Å². The molecule has 0 aromatic carbocycles. The molecule has 5 nitrogen and oxygen atoms in total. The lowest BCUT2D eigenvalue weighted by atomic mass is 10.0. The smallest absolute Gasteiger partial charge is 0.226 e. The Morgan fingerprint density at radius 2 is 2.12 bits per heavy atom. The number of nitrogens with zero attached hydrogens (tertiary/aromatic N) is 2. The monoisotopic (exact) mass is 241 g/mol. The predicted octanol–water partition coefficient (Wildman–Crippen LogP) is 2.01. The van der Waals surface area contributed by atoms with Gasteiger partial charge in [-0.2, -0.15) is 4.98 Å². The lowest BCUT2D eigenvalue weighted by molar-refractivity contribution is -0.0106. The van der Waals surface area contributed by atoms with Crippen LogP contribution >= 0.6 is 0 Å². The molecule has 0 aliphatic carbocycles. The molecule has 0 saturated carbocycles. The third-order valence-corrected chi connectivity index (χ3v) is 3.16. The molecule has 1 aromatic rings. The van der Waals surface area contributed by atoms with Crippen molar-refractivity contribution >= 4 is 0 Å². The summed E-state index contributed by atoms with van der Waals surface area (Å²) in [6, 6.07) is 0. The molecular weight excluding hydrogens is 218 g/mol. The Hall–Kier alpha value is -0.940. The Morgan fingerprint density at radius 3 is 2.71 bits per heavy atom. The minimum absolute atomic E-state index is 0.445. The lowest BCUT2D eigenvalue weighted by Gasteiger charge is -2.21. The van der Waals surface area contributed by atoms with E-state index in [2.05, 4.69) is 10.1 Å². The number of unbranched alkanes of at least 4 members (excludes halogenated alkanes) is 2. The number of aromatic nitrogens is 2. The number of rotatable bonds is 8. The van der Waals surface area contributed by atoms with Gasteiger partial charge in [-0.15, -0.1) is 0 Å². The number of ether oxygens (including phenoxy) is 1. The highest BCUT2D eigenvalue weighted by Gasteiger charge is 2.29. The summed E-state index contributed by atoms with van der Waals surface area (Å²) < 4.78 is 10.7. The first-order valence-corrected chi connectivity index (χ1v) is 6.24. The first-order chi connectivity index (χ1) is 8.16. The van der Waals surface area contributed by atoms with E-state index in [0.717, 1.165) is 38.6 Å². The van der Waals surface area contributed by atoms with Crippen LogP contribution in [0.15, 0.2) is 4.52 Å². The van der Waals surface area contributed by atoms with E-state index in [1.807, 2.05) is 13.8 Å². The molecule has 0 saturated heterocycles. The molecule has 98 valence electrons. The molecule has 1 heterocycles. The third kappa shape index (κ3) is 3.78. The summed E-state index contributed by atoms with van der Waals surface area (Å²) in [5.74, 6) is 1.32. The average Bonchev–Trinajstić information content (AvgIpc) is 2.83. The summed E-state index contributed by atoms with van der Waals surface area (Å²) in [7, 11) is 1.67. The topological polar surface area (TPSA) is 74.2 Å². The van der Waals surface area contributed by atoms with Crippen molar-refractivity contribution < 1.29 is 9.26 Å². The largest absolute Gasteiger partial charge is 0.370 e. The quantitative estimate of drug-likeness (QED) is 0.705. The zero-order valence-electron chi connectivity index (χ0n) is 11.0. The maximum absolute atomic E-state index is 5.44. The highest BCUT2D eigenvalue weighted by molar-refractivity contribution is 4.99. The Morgan fingerprint density at radius 1 is 1.35 bits per heavy atom. The standard InChI is InChI=1S/C12H23N3O2/c1-4-12(2,16-3)11-14-10(17-15-11)8-6-5-7-9-13/h4-9,13H2,1-3H3. The van der Waals surface area contributed by atoms with E-state index in [9.17, 15) is 0 Å². The van der Waals surface area contributed by atoms with Crippen LogP contribution in [0.1, 0.15) is 51.2 Å². The van der Waals surface area contributed by atoms with E-state index < -0.39 is 5.60 Å². The number of hydrogen-bond donors (Lipinski definition) is 1. The zero-order chi connectivity index (χ0) is 12.7. The minimum atomic E-state index is -0.445. The fourth-order valence-corrected chi connectivity index (χ4v) is 1.56. The van der Waals surface area contributed by atoms with Gasteiger partial charge in [0.25, 0.3) is 0 Å². The summed E-state index contributed by atoms with van der Waals surface area (Å²) in [6.07, 6.45) is 4.82. The number of methoxy groups -OCH3 is 1. The van der Waals surface area contributed by atoms with Gasteiger partial charge in [0.2, 0.25) is 11.7 Å². The summed E-state index contributed by atoms with van der Waals surface area (Å²) in [6.45, 7) is 4.75. The van der Waals surface area contributed by atoms with Crippen LogP contribution in [0.2, 0.25) is 0 Å². The van der Waals surface area contributed by atoms with Crippen LogP contribution in [0.3, 0.4) is 0 Å². The molecule has 0 bridgehead atoms. The normalized spacial score (nSPS) is 14.8. The summed E-state index contributed by atoms with van der Waals surface area (Å²) in [5, 5.41) is 3.99. The molecule has 0 amide bonds. The van der Waals surface area contributed by atoms with Crippen molar-refractivity contribution in [2.24, 2.45) is 5.73 Å². The SMILES string of the molecule is CCC(C)(OC)c1noc(CCCCCN)n1. The maximum atomic E-state index is 5.44. The van der Waals surface area contributed by atoms with Gasteiger partial charge in [0, 0.05) is 13.5 Å². The van der Waals surface area contributed by atoms with Crippen molar-refractivity contribution in [2.45, 2.75) is 51.6 Å². The fraction of sp³-hybridized carbons (Fsp3) is 0.833. The zero-order valence-corrected chi connectivity index (χ0v) is 11.0. The molecule has 5 heteroatoms. The second-order valence-electron chi connectivity index (χ2n) is 4.40. The average molecular weight is 241 g/mol. The molecule has 0 radical (unpaired) electrons. The second-order valence-corrected chi connectivity index (χ2v) is 4.40. The van der Waals surface area contributed by atoms with Crippen LogP contribution in [0.25, 0.3) is 0 Å². The minimum Gasteiger partial charge on any atom is -0.370 e. The highest BCUT2D eigenvalue weighted by Crippen LogP contribution is 2.25. The number of aryl methyl sites for hydroxylation is 1. The van der Waals surface area contributed by atoms with Gasteiger partial charge >= 0.3 is 0 Å². The molecule has 1 atom stereocenters. The van der Waals surface area contributed by atoms with Crippen molar-refractivity contribution in [3.8, 4) is 0 Å². The summed E-state index contributed by atoms with van der Waals surface area (Å²) >= 11 is 0. The van der Waals surface area contributed by atoms with Crippen LogP contribution < -0.4 is 5.73 Å². The molecular formula is C12H23N3O2. The highest BCUT2D eigenvalue weighted by atomic mass is 16.5. The van der Waals surface area contributed by atoms with Gasteiger partial charge in [-0.3, -0.25) is 0 Å². The van der Waals surface area contributed by atoms with Gasteiger partial charge in [-0.1, -0.05) is 18.5 Å². The van der Waals surface area contributed by atoms with Crippen molar-refractivity contribution in [1.29, 1.82) is 0 Å². The van der Waals surface area contributed by atoms with Gasteiger partial charge in [0.15, 0.2) is 0 Å². The van der Waals surface area contributed by atoms with Crippen LogP contribution in [-0.4, -0.2) is 23.8 Å². The van der Waals surface area contributed by atoms with E-state index in [0.29, 0.717) is 11.7 Å². The van der Waals surface area contributed by atoms with E-state index >= 15 is 0 Å². The molecule has 17 heavy (non-hydrogen) atoms. The number of nitrogens with two attached hydrogens (primary N) is 1. The molecule has 0 spiro atoms. The van der Waals surface area contributed by atoms with Gasteiger partial charge in [-0.05, 0) is 32.7 Å². The first-order valence-electron chi connectivity index (χ1n) is 6.24. The second kappa shape index (κ2) is 6.71. The van der Waals surface area contributed by atoms with Gasteiger partial charge < -0.3 is 15.0 Å². The molecule has 2 N–H and O–H groups in total. The van der Waals surface area contributed by atoms with Crippen LogP contribution in [-0.2, 0) is 16.8 Å². The van der Waals surface area contributed by atoms with E-state index in [-0.39, 0.29) is 0 Å². The molecule has 0 aliphatic rings. The molecule has 0 aliphatic heterocycles. The predicted molar refractivity (Wildman–Crippen MR) is 65.6 cm³/mol. The van der Waals surface area contributed by atoms with Crippen molar-refractivity contribution in [2.75, 3.05) is 13.7 Å². The van der Waals surface area contributed by atoms with Crippen molar-refractivity contribution in [3.05, 3.63) is 11.7 Å². The maximum Gasteiger partial charge on any atom is 0.226 e. The van der Waals surface area contributed by atoms with E-state index in [4.69, 9.17) is 15.0 Å². The van der Waals surface area contributed by atoms with E-state index in [1.165, 1.54) is 0 Å². The lowest BCUT2D eigenvalue weighted by Crippen LogP contribution is -2.24. The van der Waals surface area contributed by atoms with Crippen LogP contribution in [0, 0.1) is 0 Å². The first kappa shape index (κ1) is 14.1. The van der Waals surface area contributed by atoms with Crippen LogP contribution in [0.4, 0.5) is 0 Å². The Kier molecular flexibility index (Phi) is 5.58. The molecule has 1 unspecified atom stereocenters. The van der Waals surface area contributed by atoms with Gasteiger partial charge in [-0.25, -0.2) is 0 Å². The number of hydrogen-bond acceptors (Lipinski definition) is 5. The summed E-state index contributed by atoms with van der Waals surface area (Å²) in [4.78, 5) is 4.39. The summed E-state index contributed by atoms with van der Waals surface area (Å²) in [5.41, 5.74) is 4.99. The van der Waals surface area contributed by atoms with Gasteiger partial charge in [0.1, 0.15) is 5.60 Å². The third-order valence-electron chi connectivity index (χ3n) is 3.16. The molecule has 1 rings (SSSR count).